The van der Waals surface area contributed by atoms with E-state index >= 15 is 0 Å². The van der Waals surface area contributed by atoms with Crippen LogP contribution >= 0.6 is 0 Å². The lowest BCUT2D eigenvalue weighted by Crippen LogP contribution is -2.18. The number of hydrogen-bond acceptors (Lipinski definition) is 3. The lowest BCUT2D eigenvalue weighted by Gasteiger charge is -2.15. The number of carbonyl (C=O) groups is 1. The number of nitrogen functional groups attached to an aromatic ring is 1. The topological polar surface area (TPSA) is 52.3 Å². The van der Waals surface area contributed by atoms with Gasteiger partial charge < -0.3 is 10.5 Å². The lowest BCUT2D eigenvalue weighted by atomic mass is 9.85. The van der Waals surface area contributed by atoms with Crippen LogP contribution in [0.3, 0.4) is 0 Å². The molecule has 3 rings (SSSR count). The summed E-state index contributed by atoms with van der Waals surface area (Å²) in [6.45, 7) is 4.73. The second-order valence-corrected chi connectivity index (χ2v) is 5.94. The maximum atomic E-state index is 13.1. The van der Waals surface area contributed by atoms with Gasteiger partial charge in [-0.15, -0.1) is 0 Å². The fourth-order valence-corrected chi connectivity index (χ4v) is 2.56. The van der Waals surface area contributed by atoms with Gasteiger partial charge in [-0.3, -0.25) is 4.79 Å². The van der Waals surface area contributed by atoms with Crippen molar-refractivity contribution in [1.82, 2.24) is 0 Å². The number of ether oxygens (including phenoxy) is 1. The highest BCUT2D eigenvalue weighted by Crippen LogP contribution is 2.39. The molecule has 0 saturated heterocycles. The summed E-state index contributed by atoms with van der Waals surface area (Å²) in [5.41, 5.74) is 7.62. The third-order valence-corrected chi connectivity index (χ3v) is 3.82. The van der Waals surface area contributed by atoms with Crippen LogP contribution in [0.15, 0.2) is 36.4 Å². The van der Waals surface area contributed by atoms with Crippen LogP contribution in [0.1, 0.15) is 35.3 Å². The van der Waals surface area contributed by atoms with Gasteiger partial charge in [-0.25, -0.2) is 4.39 Å². The zero-order chi connectivity index (χ0) is 15.2. The Balaban J connectivity index is 2.03. The maximum Gasteiger partial charge on any atom is 0.195 e. The predicted molar refractivity (Wildman–Crippen MR) is 79.2 cm³/mol. The highest BCUT2D eigenvalue weighted by molar-refractivity contribution is 6.12. The van der Waals surface area contributed by atoms with E-state index in [0.717, 1.165) is 17.4 Å². The van der Waals surface area contributed by atoms with E-state index < -0.39 is 5.82 Å². The van der Waals surface area contributed by atoms with Crippen LogP contribution in [0.2, 0.25) is 0 Å². The molecule has 2 aromatic carbocycles. The van der Waals surface area contributed by atoms with E-state index in [1.54, 1.807) is 12.1 Å². The first-order valence-electron chi connectivity index (χ1n) is 6.75. The van der Waals surface area contributed by atoms with Gasteiger partial charge in [0.15, 0.2) is 5.78 Å². The summed E-state index contributed by atoms with van der Waals surface area (Å²) in [4.78, 5) is 12.5. The molecule has 3 nitrogen and oxygen atoms in total. The summed E-state index contributed by atoms with van der Waals surface area (Å²) in [6.07, 6.45) is 0. The van der Waals surface area contributed by atoms with Crippen molar-refractivity contribution in [3.8, 4) is 5.75 Å². The van der Waals surface area contributed by atoms with E-state index in [-0.39, 0.29) is 16.9 Å². The molecule has 0 aromatic heterocycles. The maximum absolute atomic E-state index is 13.1. The SMILES string of the molecule is CC1(C)COc2ccc(C(=O)c3ccc(F)cc3N)cc21. The number of rotatable bonds is 2. The standard InChI is InChI=1S/C17H16FNO2/c1-17(2)9-21-15-6-3-10(7-13(15)17)16(20)12-5-4-11(18)8-14(12)19/h3-8H,9,19H2,1-2H3. The van der Waals surface area contributed by atoms with Crippen molar-refractivity contribution < 1.29 is 13.9 Å². The molecule has 0 bridgehead atoms. The average molecular weight is 285 g/mol. The zero-order valence-electron chi connectivity index (χ0n) is 11.9. The molecular weight excluding hydrogens is 269 g/mol. The normalized spacial score (nSPS) is 15.4. The Kier molecular flexibility index (Phi) is 2.97. The average Bonchev–Trinajstić information content (AvgIpc) is 2.74. The number of halogens is 1. The second-order valence-electron chi connectivity index (χ2n) is 5.94. The van der Waals surface area contributed by atoms with Crippen molar-refractivity contribution in [3.63, 3.8) is 0 Å². The molecule has 21 heavy (non-hydrogen) atoms. The van der Waals surface area contributed by atoms with E-state index in [9.17, 15) is 9.18 Å². The monoisotopic (exact) mass is 285 g/mol. The first-order chi connectivity index (χ1) is 9.88. The fraction of sp³-hybridized carbons (Fsp3) is 0.235. The van der Waals surface area contributed by atoms with E-state index in [1.165, 1.54) is 12.1 Å². The van der Waals surface area contributed by atoms with Crippen LogP contribution in [0.25, 0.3) is 0 Å². The van der Waals surface area contributed by atoms with Crippen LogP contribution < -0.4 is 10.5 Å². The fourth-order valence-electron chi connectivity index (χ4n) is 2.56. The minimum Gasteiger partial charge on any atom is -0.492 e. The Labute approximate surface area is 122 Å². The number of anilines is 1. The van der Waals surface area contributed by atoms with Crippen LogP contribution in [0.4, 0.5) is 10.1 Å². The molecule has 0 aliphatic carbocycles. The number of nitrogens with two attached hydrogens (primary N) is 1. The van der Waals surface area contributed by atoms with Gasteiger partial charge in [0.05, 0.1) is 6.61 Å². The number of carbonyl (C=O) groups excluding carboxylic acids is 1. The Bertz CT molecular complexity index is 738. The zero-order valence-corrected chi connectivity index (χ0v) is 11.9. The van der Waals surface area contributed by atoms with Crippen LogP contribution in [-0.4, -0.2) is 12.4 Å². The Hall–Kier alpha value is -2.36. The molecule has 0 atom stereocenters. The minimum atomic E-state index is -0.451. The summed E-state index contributed by atoms with van der Waals surface area (Å²) in [5, 5.41) is 0. The molecule has 4 heteroatoms. The lowest BCUT2D eigenvalue weighted by molar-refractivity contribution is 0.103. The number of fused-ring (bicyclic) bond motifs is 1. The van der Waals surface area contributed by atoms with Crippen LogP contribution in [-0.2, 0) is 5.41 Å². The van der Waals surface area contributed by atoms with Crippen molar-refractivity contribution in [2.75, 3.05) is 12.3 Å². The molecule has 0 saturated carbocycles. The van der Waals surface area contributed by atoms with E-state index in [4.69, 9.17) is 10.5 Å². The van der Waals surface area contributed by atoms with Gasteiger partial charge in [-0.2, -0.15) is 0 Å². The Morgan fingerprint density at radius 3 is 2.71 bits per heavy atom. The highest BCUT2D eigenvalue weighted by Gasteiger charge is 2.32. The molecule has 0 amide bonds. The highest BCUT2D eigenvalue weighted by atomic mass is 19.1. The van der Waals surface area contributed by atoms with Crippen LogP contribution in [0, 0.1) is 5.82 Å². The van der Waals surface area contributed by atoms with Crippen molar-refractivity contribution in [3.05, 3.63) is 58.9 Å². The molecule has 2 N–H and O–H groups in total. The van der Waals surface area contributed by atoms with Gasteiger partial charge in [-0.05, 0) is 36.4 Å². The van der Waals surface area contributed by atoms with Crippen molar-refractivity contribution in [2.45, 2.75) is 19.3 Å². The molecule has 0 radical (unpaired) electrons. The molecule has 1 aliphatic rings. The summed E-state index contributed by atoms with van der Waals surface area (Å²) >= 11 is 0. The molecule has 0 fully saturated rings. The molecule has 1 aliphatic heterocycles. The van der Waals surface area contributed by atoms with Gasteiger partial charge in [-0.1, -0.05) is 13.8 Å². The smallest absolute Gasteiger partial charge is 0.195 e. The van der Waals surface area contributed by atoms with Crippen molar-refractivity contribution >= 4 is 11.5 Å². The van der Waals surface area contributed by atoms with E-state index in [0.29, 0.717) is 17.7 Å². The van der Waals surface area contributed by atoms with Gasteiger partial charge >= 0.3 is 0 Å². The molecule has 0 unspecified atom stereocenters. The second kappa shape index (κ2) is 4.58. The first-order valence-corrected chi connectivity index (χ1v) is 6.75. The Morgan fingerprint density at radius 1 is 1.24 bits per heavy atom. The van der Waals surface area contributed by atoms with Gasteiger partial charge in [0, 0.05) is 27.8 Å². The van der Waals surface area contributed by atoms with E-state index in [1.807, 2.05) is 6.07 Å². The molecule has 1 heterocycles. The Morgan fingerprint density at radius 2 is 2.00 bits per heavy atom. The first kappa shape index (κ1) is 13.6. The number of benzene rings is 2. The van der Waals surface area contributed by atoms with Gasteiger partial charge in [0.1, 0.15) is 11.6 Å². The summed E-state index contributed by atoms with van der Waals surface area (Å²) < 4.78 is 18.7. The van der Waals surface area contributed by atoms with Gasteiger partial charge in [0.2, 0.25) is 0 Å². The third-order valence-electron chi connectivity index (χ3n) is 3.82. The largest absolute Gasteiger partial charge is 0.492 e. The van der Waals surface area contributed by atoms with Crippen LogP contribution in [0.5, 0.6) is 5.75 Å². The molecule has 2 aromatic rings. The quantitative estimate of drug-likeness (QED) is 0.680. The van der Waals surface area contributed by atoms with E-state index in [2.05, 4.69) is 13.8 Å². The summed E-state index contributed by atoms with van der Waals surface area (Å²) in [5.74, 6) is 0.147. The van der Waals surface area contributed by atoms with Gasteiger partial charge in [0.25, 0.3) is 0 Å². The van der Waals surface area contributed by atoms with Crippen molar-refractivity contribution in [2.24, 2.45) is 0 Å². The minimum absolute atomic E-state index is 0.125. The molecular formula is C17H16FNO2. The third kappa shape index (κ3) is 2.27. The number of ketones is 1. The summed E-state index contributed by atoms with van der Waals surface area (Å²) in [7, 11) is 0. The van der Waals surface area contributed by atoms with Crippen molar-refractivity contribution in [1.29, 1.82) is 0 Å². The predicted octanol–water partition coefficient (Wildman–Crippen LogP) is 3.31. The molecule has 0 spiro atoms. The number of hydrogen-bond donors (Lipinski definition) is 1. The summed E-state index contributed by atoms with van der Waals surface area (Å²) in [6, 6.07) is 9.18. The molecule has 108 valence electrons.